The number of carboxylic acid groups (broad SMARTS) is 1. The van der Waals surface area contributed by atoms with Gasteiger partial charge in [-0.15, -0.1) is 0 Å². The first-order valence-corrected chi connectivity index (χ1v) is 8.88. The summed E-state index contributed by atoms with van der Waals surface area (Å²) < 4.78 is 6.46. The lowest BCUT2D eigenvalue weighted by molar-refractivity contribution is -0.112. The summed E-state index contributed by atoms with van der Waals surface area (Å²) in [5.74, 6) is -0.736. The Morgan fingerprint density at radius 1 is 1.11 bits per heavy atom. The van der Waals surface area contributed by atoms with Gasteiger partial charge in [-0.25, -0.2) is 4.79 Å². The number of amides is 1. The van der Waals surface area contributed by atoms with E-state index in [1.54, 1.807) is 42.5 Å². The number of carbonyl (C=O) groups excluding carboxylic acids is 1. The highest BCUT2D eigenvalue weighted by atomic mass is 79.9. The fourth-order valence-corrected chi connectivity index (χ4v) is 2.82. The molecular weight excluding hydrogens is 424 g/mol. The molecule has 0 unspecified atom stereocenters. The van der Waals surface area contributed by atoms with Crippen LogP contribution in [-0.2, 0) is 4.79 Å². The maximum absolute atomic E-state index is 12.3. The van der Waals surface area contributed by atoms with Crippen LogP contribution in [0, 0.1) is 11.3 Å². The number of hydrogen-bond acceptors (Lipinski definition) is 4. The Kier molecular flexibility index (Phi) is 5.72. The van der Waals surface area contributed by atoms with Crippen LogP contribution in [-0.4, -0.2) is 17.0 Å². The van der Waals surface area contributed by atoms with Gasteiger partial charge in [0.1, 0.15) is 23.2 Å². The van der Waals surface area contributed by atoms with Gasteiger partial charge in [0.15, 0.2) is 0 Å². The summed E-state index contributed by atoms with van der Waals surface area (Å²) in [6.07, 6.45) is 1.35. The first-order valence-electron chi connectivity index (χ1n) is 8.08. The van der Waals surface area contributed by atoms with Crippen LogP contribution in [0.3, 0.4) is 0 Å². The van der Waals surface area contributed by atoms with Crippen LogP contribution < -0.4 is 5.32 Å². The van der Waals surface area contributed by atoms with E-state index in [1.165, 1.54) is 18.2 Å². The van der Waals surface area contributed by atoms with Crippen LogP contribution in [0.15, 0.2) is 75.1 Å². The number of rotatable bonds is 5. The molecule has 0 fully saturated rings. The average Bonchev–Trinajstić information content (AvgIpc) is 3.14. The van der Waals surface area contributed by atoms with Gasteiger partial charge in [0.2, 0.25) is 0 Å². The van der Waals surface area contributed by atoms with Crippen LogP contribution in [0.4, 0.5) is 5.69 Å². The standard InChI is InChI=1S/C21H13BrN2O4/c22-16-2-1-3-17(11-16)24-20(25)15(12-23)10-18-8-9-19(28-18)13-4-6-14(7-5-13)21(26)27/h1-11H,(H,24,25)(H,26,27)/b15-10-. The molecule has 0 radical (unpaired) electrons. The van der Waals surface area contributed by atoms with E-state index in [-0.39, 0.29) is 11.1 Å². The highest BCUT2D eigenvalue weighted by Gasteiger charge is 2.12. The highest BCUT2D eigenvalue weighted by Crippen LogP contribution is 2.24. The Morgan fingerprint density at radius 2 is 1.86 bits per heavy atom. The number of anilines is 1. The Bertz CT molecular complexity index is 1110. The molecule has 1 heterocycles. The molecule has 7 heteroatoms. The summed E-state index contributed by atoms with van der Waals surface area (Å²) >= 11 is 3.32. The van der Waals surface area contributed by atoms with Crippen LogP contribution >= 0.6 is 15.9 Å². The van der Waals surface area contributed by atoms with Crippen molar-refractivity contribution in [1.29, 1.82) is 5.26 Å². The van der Waals surface area contributed by atoms with E-state index in [0.29, 0.717) is 22.8 Å². The zero-order chi connectivity index (χ0) is 20.1. The van der Waals surface area contributed by atoms with Crippen molar-refractivity contribution in [3.8, 4) is 17.4 Å². The summed E-state index contributed by atoms with van der Waals surface area (Å²) in [4.78, 5) is 23.2. The molecule has 1 amide bonds. The lowest BCUT2D eigenvalue weighted by Crippen LogP contribution is -2.13. The van der Waals surface area contributed by atoms with Crippen molar-refractivity contribution in [2.75, 3.05) is 5.32 Å². The van der Waals surface area contributed by atoms with Crippen molar-refractivity contribution in [2.24, 2.45) is 0 Å². The van der Waals surface area contributed by atoms with E-state index in [2.05, 4.69) is 21.2 Å². The number of nitrogens with zero attached hydrogens (tertiary/aromatic N) is 1. The predicted octanol–water partition coefficient (Wildman–Crippen LogP) is 4.95. The quantitative estimate of drug-likeness (QED) is 0.434. The number of carboxylic acids is 1. The maximum atomic E-state index is 12.3. The van der Waals surface area contributed by atoms with Crippen molar-refractivity contribution in [1.82, 2.24) is 0 Å². The number of benzene rings is 2. The summed E-state index contributed by atoms with van der Waals surface area (Å²) in [6.45, 7) is 0. The van der Waals surface area contributed by atoms with Gasteiger partial charge in [-0.05, 0) is 42.5 Å². The Balaban J connectivity index is 1.79. The maximum Gasteiger partial charge on any atom is 0.335 e. The number of nitriles is 1. The second-order valence-electron chi connectivity index (χ2n) is 5.72. The lowest BCUT2D eigenvalue weighted by atomic mass is 10.1. The minimum Gasteiger partial charge on any atom is -0.478 e. The number of nitrogens with one attached hydrogen (secondary N) is 1. The minimum absolute atomic E-state index is 0.109. The zero-order valence-corrected chi connectivity index (χ0v) is 15.9. The van der Waals surface area contributed by atoms with Gasteiger partial charge < -0.3 is 14.8 Å². The van der Waals surface area contributed by atoms with Gasteiger partial charge >= 0.3 is 5.97 Å². The molecule has 0 bridgehead atoms. The van der Waals surface area contributed by atoms with Crippen molar-refractivity contribution in [3.05, 3.63) is 82.0 Å². The molecule has 0 spiro atoms. The molecule has 6 nitrogen and oxygen atoms in total. The third kappa shape index (κ3) is 4.55. The molecule has 2 aromatic carbocycles. The molecule has 2 N–H and O–H groups in total. The van der Waals surface area contributed by atoms with E-state index in [4.69, 9.17) is 9.52 Å². The molecule has 28 heavy (non-hydrogen) atoms. The molecule has 0 saturated heterocycles. The average molecular weight is 437 g/mol. The first-order chi connectivity index (χ1) is 13.5. The van der Waals surface area contributed by atoms with E-state index < -0.39 is 11.9 Å². The Labute approximate surface area is 168 Å². The molecule has 0 saturated carbocycles. The Morgan fingerprint density at radius 3 is 2.50 bits per heavy atom. The number of furan rings is 1. The normalized spacial score (nSPS) is 10.9. The molecule has 138 valence electrons. The van der Waals surface area contributed by atoms with E-state index in [0.717, 1.165) is 4.47 Å². The minimum atomic E-state index is -1.01. The molecule has 0 atom stereocenters. The highest BCUT2D eigenvalue weighted by molar-refractivity contribution is 9.10. The summed E-state index contributed by atoms with van der Waals surface area (Å²) in [5.41, 5.74) is 1.30. The predicted molar refractivity (Wildman–Crippen MR) is 107 cm³/mol. The van der Waals surface area contributed by atoms with E-state index in [1.807, 2.05) is 12.1 Å². The van der Waals surface area contributed by atoms with Crippen LogP contribution in [0.25, 0.3) is 17.4 Å². The van der Waals surface area contributed by atoms with Crippen molar-refractivity contribution >= 4 is 39.6 Å². The number of carbonyl (C=O) groups is 2. The fraction of sp³-hybridized carbons (Fsp3) is 0. The summed E-state index contributed by atoms with van der Waals surface area (Å²) in [7, 11) is 0. The van der Waals surface area contributed by atoms with Gasteiger partial charge in [-0.2, -0.15) is 5.26 Å². The number of halogens is 1. The van der Waals surface area contributed by atoms with Crippen LogP contribution in [0.5, 0.6) is 0 Å². The van der Waals surface area contributed by atoms with Gasteiger partial charge in [0.05, 0.1) is 5.56 Å². The van der Waals surface area contributed by atoms with Gasteiger partial charge in [-0.1, -0.05) is 34.1 Å². The molecule has 0 aliphatic rings. The van der Waals surface area contributed by atoms with Gasteiger partial charge in [0.25, 0.3) is 5.91 Å². The Hall–Kier alpha value is -3.63. The summed E-state index contributed by atoms with van der Waals surface area (Å²) in [6, 6.07) is 18.4. The second kappa shape index (κ2) is 8.37. The fourth-order valence-electron chi connectivity index (χ4n) is 2.42. The van der Waals surface area contributed by atoms with E-state index >= 15 is 0 Å². The van der Waals surface area contributed by atoms with Gasteiger partial charge in [0, 0.05) is 21.8 Å². The largest absolute Gasteiger partial charge is 0.478 e. The van der Waals surface area contributed by atoms with Crippen molar-refractivity contribution < 1.29 is 19.1 Å². The third-order valence-electron chi connectivity index (χ3n) is 3.78. The first kappa shape index (κ1) is 19.1. The van der Waals surface area contributed by atoms with E-state index in [9.17, 15) is 14.9 Å². The van der Waals surface area contributed by atoms with Crippen LogP contribution in [0.2, 0.25) is 0 Å². The summed E-state index contributed by atoms with van der Waals surface area (Å²) in [5, 5.41) is 20.9. The monoisotopic (exact) mass is 436 g/mol. The zero-order valence-electron chi connectivity index (χ0n) is 14.3. The molecule has 0 aliphatic heterocycles. The van der Waals surface area contributed by atoms with Crippen LogP contribution in [0.1, 0.15) is 16.1 Å². The van der Waals surface area contributed by atoms with Crippen molar-refractivity contribution in [3.63, 3.8) is 0 Å². The third-order valence-corrected chi connectivity index (χ3v) is 4.27. The molecule has 3 rings (SSSR count). The second-order valence-corrected chi connectivity index (χ2v) is 6.63. The lowest BCUT2D eigenvalue weighted by Gasteiger charge is -2.04. The van der Waals surface area contributed by atoms with Crippen molar-refractivity contribution in [2.45, 2.75) is 0 Å². The smallest absolute Gasteiger partial charge is 0.335 e. The molecule has 0 aliphatic carbocycles. The van der Waals surface area contributed by atoms with Gasteiger partial charge in [-0.3, -0.25) is 4.79 Å². The molecule has 1 aromatic heterocycles. The number of aromatic carboxylic acids is 1. The topological polar surface area (TPSA) is 103 Å². The number of hydrogen-bond donors (Lipinski definition) is 2. The molecule has 3 aromatic rings. The molecular formula is C21H13BrN2O4. The SMILES string of the molecule is N#C/C(=C/c1ccc(-c2ccc(C(=O)O)cc2)o1)C(=O)Nc1cccc(Br)c1.